The maximum atomic E-state index is 5.76. The van der Waals surface area contributed by atoms with E-state index in [-0.39, 0.29) is 0 Å². The summed E-state index contributed by atoms with van der Waals surface area (Å²) in [6.45, 7) is 0. The predicted octanol–water partition coefficient (Wildman–Crippen LogP) is 5.27. The van der Waals surface area contributed by atoms with Crippen molar-refractivity contribution in [3.8, 4) is 11.5 Å². The van der Waals surface area contributed by atoms with Gasteiger partial charge in [-0.05, 0) is 50.9 Å². The van der Waals surface area contributed by atoms with Crippen LogP contribution in [0.3, 0.4) is 0 Å². The fourth-order valence-corrected chi connectivity index (χ4v) is 9.51. The quantitative estimate of drug-likeness (QED) is 0.318. The smallest absolute Gasteiger partial charge is 0.126 e. The molecule has 0 spiro atoms. The Bertz CT molecular complexity index is 1030. The summed E-state index contributed by atoms with van der Waals surface area (Å²) in [6.07, 6.45) is 2.16. The zero-order valence-electron chi connectivity index (χ0n) is 18.5. The number of benzene rings is 4. The van der Waals surface area contributed by atoms with E-state index in [9.17, 15) is 0 Å². The van der Waals surface area contributed by atoms with Gasteiger partial charge in [-0.25, -0.2) is 0 Å². The maximum Gasteiger partial charge on any atom is 0.126 e. The van der Waals surface area contributed by atoms with E-state index >= 15 is 0 Å². The molecule has 2 nitrogen and oxygen atoms in total. The molecule has 0 heterocycles. The van der Waals surface area contributed by atoms with Gasteiger partial charge in [-0.2, -0.15) is 0 Å². The molecule has 2 atom stereocenters. The molecule has 0 aliphatic heterocycles. The molecule has 1 unspecified atom stereocenters. The Morgan fingerprint density at radius 1 is 0.469 bits per heavy atom. The lowest BCUT2D eigenvalue weighted by Crippen LogP contribution is -2.21. The van der Waals surface area contributed by atoms with Crippen LogP contribution >= 0.6 is 15.8 Å². The minimum absolute atomic E-state index is 0.554. The second-order valence-corrected chi connectivity index (χ2v) is 11.9. The fourth-order valence-electron chi connectivity index (χ4n) is 3.90. The molecule has 0 N–H and O–H groups in total. The third-order valence-electron chi connectivity index (χ3n) is 5.43. The minimum Gasteiger partial charge on any atom is -0.496 e. The van der Waals surface area contributed by atoms with Gasteiger partial charge in [-0.15, -0.1) is 0 Å². The molecule has 4 aromatic rings. The predicted molar refractivity (Wildman–Crippen MR) is 141 cm³/mol. The molecule has 4 rings (SSSR count). The van der Waals surface area contributed by atoms with Crippen molar-refractivity contribution in [1.82, 2.24) is 0 Å². The van der Waals surface area contributed by atoms with Crippen LogP contribution in [0.5, 0.6) is 11.5 Å². The van der Waals surface area contributed by atoms with E-state index in [4.69, 9.17) is 9.47 Å². The van der Waals surface area contributed by atoms with Gasteiger partial charge in [-0.1, -0.05) is 97.1 Å². The maximum absolute atomic E-state index is 5.76. The van der Waals surface area contributed by atoms with Crippen molar-refractivity contribution in [2.75, 3.05) is 26.5 Å². The van der Waals surface area contributed by atoms with Crippen LogP contribution in [0.4, 0.5) is 0 Å². The van der Waals surface area contributed by atoms with E-state index in [1.165, 1.54) is 21.2 Å². The summed E-state index contributed by atoms with van der Waals surface area (Å²) in [4.78, 5) is 0. The molecule has 0 aliphatic carbocycles. The highest BCUT2D eigenvalue weighted by Crippen LogP contribution is 2.44. The molecule has 0 saturated carbocycles. The highest BCUT2D eigenvalue weighted by Gasteiger charge is 2.23. The van der Waals surface area contributed by atoms with Crippen molar-refractivity contribution in [2.45, 2.75) is 0 Å². The summed E-state index contributed by atoms with van der Waals surface area (Å²) in [5.41, 5.74) is 0. The van der Waals surface area contributed by atoms with Crippen LogP contribution in [0, 0.1) is 0 Å². The molecular formula is C28H28O2P2. The second-order valence-electron chi connectivity index (χ2n) is 7.32. The first-order valence-electron chi connectivity index (χ1n) is 10.7. The number of methoxy groups -OCH3 is 2. The van der Waals surface area contributed by atoms with Crippen molar-refractivity contribution in [3.63, 3.8) is 0 Å². The molecule has 162 valence electrons. The zero-order valence-corrected chi connectivity index (χ0v) is 20.3. The molecule has 0 bridgehead atoms. The SMILES string of the molecule is COc1ccccc1P(CC[P@](c1ccccc1)c1ccccc1OC)c1ccccc1. The third-order valence-corrected chi connectivity index (χ3v) is 10.9. The van der Waals surface area contributed by atoms with E-state index in [0.29, 0.717) is 0 Å². The molecule has 0 aromatic heterocycles. The molecule has 0 saturated heterocycles. The van der Waals surface area contributed by atoms with Gasteiger partial charge in [-0.3, -0.25) is 0 Å². The summed E-state index contributed by atoms with van der Waals surface area (Å²) >= 11 is 0. The van der Waals surface area contributed by atoms with Gasteiger partial charge in [0.1, 0.15) is 11.5 Å². The molecule has 32 heavy (non-hydrogen) atoms. The zero-order chi connectivity index (χ0) is 22.2. The highest BCUT2D eigenvalue weighted by atomic mass is 31.1. The molecular weight excluding hydrogens is 430 g/mol. The Labute approximate surface area is 193 Å². The topological polar surface area (TPSA) is 18.5 Å². The van der Waals surface area contributed by atoms with Gasteiger partial charge < -0.3 is 9.47 Å². The summed E-state index contributed by atoms with van der Waals surface area (Å²) in [7, 11) is 2.43. The van der Waals surface area contributed by atoms with E-state index in [1.54, 1.807) is 14.2 Å². The van der Waals surface area contributed by atoms with Crippen molar-refractivity contribution in [3.05, 3.63) is 109 Å². The average molecular weight is 458 g/mol. The first-order chi connectivity index (χ1) is 15.8. The molecule has 4 aromatic carbocycles. The van der Waals surface area contributed by atoms with Crippen molar-refractivity contribution < 1.29 is 9.47 Å². The van der Waals surface area contributed by atoms with Crippen LogP contribution in [0.15, 0.2) is 109 Å². The number of ether oxygens (including phenoxy) is 2. The standard InChI is InChI=1S/C28H28O2P2/c1-29-25-17-9-11-19-27(25)31(23-13-5-3-6-14-23)21-22-32(24-15-7-4-8-16-24)28-20-12-10-18-26(28)30-2/h3-20H,21-22H2,1-2H3/t31-,32?/m1/s1. The number of para-hydroxylation sites is 2. The minimum atomic E-state index is -0.554. The van der Waals surface area contributed by atoms with Gasteiger partial charge in [0.15, 0.2) is 0 Å². The summed E-state index contributed by atoms with van der Waals surface area (Å²) < 4.78 is 11.5. The lowest BCUT2D eigenvalue weighted by atomic mass is 10.3. The van der Waals surface area contributed by atoms with E-state index in [2.05, 4.69) is 97.1 Å². The monoisotopic (exact) mass is 458 g/mol. The van der Waals surface area contributed by atoms with Crippen LogP contribution in [0.2, 0.25) is 0 Å². The Hall–Kier alpha value is -2.66. The summed E-state index contributed by atoms with van der Waals surface area (Å²) in [5, 5.41) is 5.38. The largest absolute Gasteiger partial charge is 0.496 e. The summed E-state index contributed by atoms with van der Waals surface area (Å²) in [5.74, 6) is 1.95. The van der Waals surface area contributed by atoms with Crippen LogP contribution in [-0.2, 0) is 0 Å². The molecule has 0 fully saturated rings. The Morgan fingerprint density at radius 2 is 0.812 bits per heavy atom. The first kappa shape index (κ1) is 22.5. The molecule has 0 amide bonds. The van der Waals surface area contributed by atoms with Crippen molar-refractivity contribution >= 4 is 37.1 Å². The number of hydrogen-bond acceptors (Lipinski definition) is 2. The Kier molecular flexibility index (Phi) is 7.94. The van der Waals surface area contributed by atoms with E-state index in [0.717, 1.165) is 23.8 Å². The van der Waals surface area contributed by atoms with Gasteiger partial charge in [0.05, 0.1) is 14.2 Å². The van der Waals surface area contributed by atoms with Crippen LogP contribution in [0.1, 0.15) is 0 Å². The first-order valence-corrected chi connectivity index (χ1v) is 13.8. The highest BCUT2D eigenvalue weighted by molar-refractivity contribution is 7.76. The van der Waals surface area contributed by atoms with Crippen LogP contribution in [0.25, 0.3) is 0 Å². The van der Waals surface area contributed by atoms with Gasteiger partial charge in [0.2, 0.25) is 0 Å². The summed E-state index contributed by atoms with van der Waals surface area (Å²) in [6, 6.07) is 38.7. The Morgan fingerprint density at radius 3 is 1.19 bits per heavy atom. The van der Waals surface area contributed by atoms with Gasteiger partial charge in [0.25, 0.3) is 0 Å². The van der Waals surface area contributed by atoms with E-state index in [1.807, 2.05) is 12.1 Å². The number of rotatable bonds is 9. The lowest BCUT2D eigenvalue weighted by Gasteiger charge is -2.25. The molecule has 0 radical (unpaired) electrons. The average Bonchev–Trinajstić information content (AvgIpc) is 2.88. The molecule has 4 heteroatoms. The van der Waals surface area contributed by atoms with Crippen LogP contribution < -0.4 is 30.7 Å². The van der Waals surface area contributed by atoms with E-state index < -0.39 is 15.8 Å². The van der Waals surface area contributed by atoms with Gasteiger partial charge >= 0.3 is 0 Å². The Balaban J connectivity index is 1.72. The van der Waals surface area contributed by atoms with Crippen molar-refractivity contribution in [2.24, 2.45) is 0 Å². The van der Waals surface area contributed by atoms with Gasteiger partial charge in [0, 0.05) is 10.6 Å². The molecule has 0 aliphatic rings. The third kappa shape index (κ3) is 5.21. The lowest BCUT2D eigenvalue weighted by molar-refractivity contribution is 0.418. The second kappa shape index (κ2) is 11.3. The number of hydrogen-bond donors (Lipinski definition) is 0. The normalized spacial score (nSPS) is 12.7. The van der Waals surface area contributed by atoms with Crippen molar-refractivity contribution in [1.29, 1.82) is 0 Å². The van der Waals surface area contributed by atoms with Crippen LogP contribution in [-0.4, -0.2) is 26.5 Å². The fraction of sp³-hybridized carbons (Fsp3) is 0.143.